The van der Waals surface area contributed by atoms with E-state index >= 15 is 0 Å². The molecule has 78 valence electrons. The Kier molecular flexibility index (Phi) is 2.50. The standard InChI is InChI=1S/C13H15NO/c1-10(15)13(9-14)7-6-11-4-2-3-5-12(11)8-13/h2-5,10,15H,6-8H2,1H3. The van der Waals surface area contributed by atoms with Gasteiger partial charge in [0.2, 0.25) is 0 Å². The Hall–Kier alpha value is -1.33. The van der Waals surface area contributed by atoms with Crippen molar-refractivity contribution in [3.8, 4) is 6.07 Å². The molecule has 0 fully saturated rings. The number of aryl methyl sites for hydroxylation is 1. The second-order valence-corrected chi connectivity index (χ2v) is 4.39. The zero-order chi connectivity index (χ0) is 10.9. The zero-order valence-corrected chi connectivity index (χ0v) is 8.90. The number of rotatable bonds is 1. The molecule has 1 aliphatic rings. The number of nitrogens with zero attached hydrogens (tertiary/aromatic N) is 1. The van der Waals surface area contributed by atoms with Crippen molar-refractivity contribution in [1.29, 1.82) is 5.26 Å². The number of aliphatic hydroxyl groups excluding tert-OH is 1. The SMILES string of the molecule is CC(O)C1(C#N)CCc2ccccc2C1. The molecule has 0 aliphatic heterocycles. The third-order valence-electron chi connectivity index (χ3n) is 3.49. The minimum absolute atomic E-state index is 0.559. The molecule has 2 rings (SSSR count). The van der Waals surface area contributed by atoms with Crippen LogP contribution in [0, 0.1) is 16.7 Å². The van der Waals surface area contributed by atoms with Gasteiger partial charge in [-0.15, -0.1) is 0 Å². The molecule has 2 atom stereocenters. The Morgan fingerprint density at radius 3 is 2.67 bits per heavy atom. The zero-order valence-electron chi connectivity index (χ0n) is 8.90. The quantitative estimate of drug-likeness (QED) is 0.755. The van der Waals surface area contributed by atoms with Crippen LogP contribution in [0.4, 0.5) is 0 Å². The third-order valence-corrected chi connectivity index (χ3v) is 3.49. The van der Waals surface area contributed by atoms with E-state index in [0.717, 1.165) is 12.8 Å². The number of aliphatic hydroxyl groups is 1. The number of hydrogen-bond donors (Lipinski definition) is 1. The molecule has 1 aromatic rings. The summed E-state index contributed by atoms with van der Waals surface area (Å²) in [5.74, 6) is 0. The lowest BCUT2D eigenvalue weighted by molar-refractivity contribution is 0.0693. The molecule has 0 saturated heterocycles. The number of nitriles is 1. The van der Waals surface area contributed by atoms with Crippen LogP contribution < -0.4 is 0 Å². The Bertz CT molecular complexity index is 405. The predicted octanol–water partition coefficient (Wildman–Crippen LogP) is 2.07. The second kappa shape index (κ2) is 3.67. The van der Waals surface area contributed by atoms with E-state index in [1.165, 1.54) is 11.1 Å². The van der Waals surface area contributed by atoms with E-state index in [4.69, 9.17) is 0 Å². The highest BCUT2D eigenvalue weighted by molar-refractivity contribution is 5.33. The van der Waals surface area contributed by atoms with Gasteiger partial charge in [0.15, 0.2) is 0 Å². The summed E-state index contributed by atoms with van der Waals surface area (Å²) in [5, 5.41) is 19.0. The van der Waals surface area contributed by atoms with Crippen LogP contribution in [0.5, 0.6) is 0 Å². The highest BCUT2D eigenvalue weighted by Crippen LogP contribution is 2.37. The summed E-state index contributed by atoms with van der Waals surface area (Å²) in [4.78, 5) is 0. The monoisotopic (exact) mass is 201 g/mol. The maximum atomic E-state index is 9.73. The molecule has 15 heavy (non-hydrogen) atoms. The summed E-state index contributed by atoms with van der Waals surface area (Å²) in [6, 6.07) is 10.5. The Labute approximate surface area is 90.2 Å². The van der Waals surface area contributed by atoms with Crippen LogP contribution in [0.15, 0.2) is 24.3 Å². The van der Waals surface area contributed by atoms with Gasteiger partial charge in [0, 0.05) is 0 Å². The minimum atomic E-state index is -0.575. The molecule has 0 heterocycles. The lowest BCUT2D eigenvalue weighted by Gasteiger charge is -2.34. The van der Waals surface area contributed by atoms with E-state index in [9.17, 15) is 10.4 Å². The van der Waals surface area contributed by atoms with Gasteiger partial charge in [0.05, 0.1) is 17.6 Å². The Morgan fingerprint density at radius 1 is 1.40 bits per heavy atom. The molecule has 1 aromatic carbocycles. The van der Waals surface area contributed by atoms with Crippen molar-refractivity contribution in [3.05, 3.63) is 35.4 Å². The third kappa shape index (κ3) is 1.64. The fraction of sp³-hybridized carbons (Fsp3) is 0.462. The lowest BCUT2D eigenvalue weighted by atomic mass is 9.69. The van der Waals surface area contributed by atoms with Crippen LogP contribution in [-0.2, 0) is 12.8 Å². The van der Waals surface area contributed by atoms with Crippen molar-refractivity contribution in [1.82, 2.24) is 0 Å². The van der Waals surface area contributed by atoms with Crippen LogP contribution in [-0.4, -0.2) is 11.2 Å². The summed E-state index contributed by atoms with van der Waals surface area (Å²) >= 11 is 0. The smallest absolute Gasteiger partial charge is 0.0872 e. The van der Waals surface area contributed by atoms with Crippen LogP contribution >= 0.6 is 0 Å². The van der Waals surface area contributed by atoms with E-state index in [0.29, 0.717) is 6.42 Å². The topological polar surface area (TPSA) is 44.0 Å². The molecular weight excluding hydrogens is 186 g/mol. The highest BCUT2D eigenvalue weighted by Gasteiger charge is 2.38. The molecule has 1 aliphatic carbocycles. The average Bonchev–Trinajstić information content (AvgIpc) is 2.28. The van der Waals surface area contributed by atoms with E-state index < -0.39 is 11.5 Å². The first kappa shape index (κ1) is 10.2. The van der Waals surface area contributed by atoms with Crippen molar-refractivity contribution in [2.45, 2.75) is 32.3 Å². The largest absolute Gasteiger partial charge is 0.392 e. The maximum absolute atomic E-state index is 9.73. The van der Waals surface area contributed by atoms with Crippen LogP contribution in [0.3, 0.4) is 0 Å². The fourth-order valence-corrected chi connectivity index (χ4v) is 2.31. The van der Waals surface area contributed by atoms with Gasteiger partial charge in [0.1, 0.15) is 0 Å². The first-order chi connectivity index (χ1) is 7.18. The van der Waals surface area contributed by atoms with Gasteiger partial charge in [-0.2, -0.15) is 5.26 Å². The van der Waals surface area contributed by atoms with Crippen molar-refractivity contribution < 1.29 is 5.11 Å². The fourth-order valence-electron chi connectivity index (χ4n) is 2.31. The average molecular weight is 201 g/mol. The van der Waals surface area contributed by atoms with Gasteiger partial charge in [-0.1, -0.05) is 24.3 Å². The molecule has 0 aromatic heterocycles. The molecule has 2 nitrogen and oxygen atoms in total. The van der Waals surface area contributed by atoms with E-state index in [1.54, 1.807) is 6.92 Å². The first-order valence-electron chi connectivity index (χ1n) is 5.34. The van der Waals surface area contributed by atoms with Crippen LogP contribution in [0.1, 0.15) is 24.5 Å². The first-order valence-corrected chi connectivity index (χ1v) is 5.34. The van der Waals surface area contributed by atoms with E-state index in [2.05, 4.69) is 18.2 Å². The molecule has 2 unspecified atom stereocenters. The molecule has 0 radical (unpaired) electrons. The van der Waals surface area contributed by atoms with Crippen molar-refractivity contribution in [2.75, 3.05) is 0 Å². The summed E-state index contributed by atoms with van der Waals surface area (Å²) in [5.41, 5.74) is 1.96. The minimum Gasteiger partial charge on any atom is -0.392 e. The highest BCUT2D eigenvalue weighted by atomic mass is 16.3. The maximum Gasteiger partial charge on any atom is 0.0872 e. The second-order valence-electron chi connectivity index (χ2n) is 4.39. The normalized spacial score (nSPS) is 26.5. The summed E-state index contributed by atoms with van der Waals surface area (Å²) in [7, 11) is 0. The van der Waals surface area contributed by atoms with Gasteiger partial charge in [-0.25, -0.2) is 0 Å². The Balaban J connectivity index is 2.36. The van der Waals surface area contributed by atoms with Gasteiger partial charge < -0.3 is 5.11 Å². The van der Waals surface area contributed by atoms with E-state index in [-0.39, 0.29) is 0 Å². The van der Waals surface area contributed by atoms with Crippen LogP contribution in [0.25, 0.3) is 0 Å². The van der Waals surface area contributed by atoms with Gasteiger partial charge in [-0.3, -0.25) is 0 Å². The van der Waals surface area contributed by atoms with Crippen LogP contribution in [0.2, 0.25) is 0 Å². The number of fused-ring (bicyclic) bond motifs is 1. The summed E-state index contributed by atoms with van der Waals surface area (Å²) < 4.78 is 0. The number of hydrogen-bond acceptors (Lipinski definition) is 2. The summed E-state index contributed by atoms with van der Waals surface area (Å²) in [6.07, 6.45) is 1.78. The van der Waals surface area contributed by atoms with Gasteiger partial charge in [-0.05, 0) is 37.3 Å². The Morgan fingerprint density at radius 2 is 2.07 bits per heavy atom. The molecule has 0 spiro atoms. The number of benzene rings is 1. The van der Waals surface area contributed by atoms with Gasteiger partial charge >= 0.3 is 0 Å². The molecule has 0 bridgehead atoms. The molecule has 1 N–H and O–H groups in total. The molecular formula is C13H15NO. The molecule has 2 heteroatoms. The van der Waals surface area contributed by atoms with E-state index in [1.807, 2.05) is 12.1 Å². The van der Waals surface area contributed by atoms with Gasteiger partial charge in [0.25, 0.3) is 0 Å². The van der Waals surface area contributed by atoms with Crippen molar-refractivity contribution in [2.24, 2.45) is 5.41 Å². The summed E-state index contributed by atoms with van der Waals surface area (Å²) in [6.45, 7) is 1.72. The molecule has 0 amide bonds. The van der Waals surface area contributed by atoms with Crippen molar-refractivity contribution >= 4 is 0 Å². The predicted molar refractivity (Wildman–Crippen MR) is 58.2 cm³/mol. The van der Waals surface area contributed by atoms with Crippen molar-refractivity contribution in [3.63, 3.8) is 0 Å². The lowest BCUT2D eigenvalue weighted by Crippen LogP contribution is -2.37. The molecule has 0 saturated carbocycles.